The Labute approximate surface area is 149 Å². The Bertz CT molecular complexity index is 652. The first kappa shape index (κ1) is 18.7. The highest BCUT2D eigenvalue weighted by atomic mass is 31.1. The van der Waals surface area contributed by atoms with Gasteiger partial charge >= 0.3 is 6.16 Å². The molecule has 1 N–H and O–H groups in total. The van der Waals surface area contributed by atoms with Crippen molar-refractivity contribution in [2.75, 3.05) is 6.61 Å². The van der Waals surface area contributed by atoms with Crippen molar-refractivity contribution in [1.82, 2.24) is 0 Å². The largest absolute Gasteiger partial charge is 0.505 e. The minimum atomic E-state index is -1.21. The van der Waals surface area contributed by atoms with Gasteiger partial charge in [0.2, 0.25) is 0 Å². The van der Waals surface area contributed by atoms with Crippen LogP contribution in [0.4, 0.5) is 4.79 Å². The summed E-state index contributed by atoms with van der Waals surface area (Å²) in [6.07, 6.45) is -1.21. The lowest BCUT2D eigenvalue weighted by Gasteiger charge is -2.18. The maximum atomic E-state index is 9.38. The molecule has 0 radical (unpaired) electrons. The molecule has 0 unspecified atom stereocenters. The van der Waals surface area contributed by atoms with Crippen molar-refractivity contribution in [1.29, 1.82) is 0 Å². The SMILES string of the molecule is CCOC(=O)O.c1ccc(P(c2ccccc2)c2ccccc2)cc1. The first-order valence-corrected chi connectivity index (χ1v) is 9.37. The Balaban J connectivity index is 0.000000326. The highest BCUT2D eigenvalue weighted by molar-refractivity contribution is 7.79. The van der Waals surface area contributed by atoms with Crippen LogP contribution >= 0.6 is 7.92 Å². The minimum absolute atomic E-state index is 0.231. The Morgan fingerprint density at radius 3 is 1.28 bits per heavy atom. The summed E-state index contributed by atoms with van der Waals surface area (Å²) in [5.41, 5.74) is 0. The third-order valence-corrected chi connectivity index (χ3v) is 5.75. The normalized spacial score (nSPS) is 9.84. The number of carbonyl (C=O) groups is 1. The van der Waals surface area contributed by atoms with E-state index in [-0.39, 0.29) is 6.61 Å². The molecule has 3 rings (SSSR count). The van der Waals surface area contributed by atoms with E-state index in [1.807, 2.05) is 0 Å². The number of rotatable bonds is 4. The molecule has 0 aliphatic heterocycles. The van der Waals surface area contributed by atoms with Crippen LogP contribution in [0.15, 0.2) is 91.0 Å². The van der Waals surface area contributed by atoms with Crippen LogP contribution in [0.2, 0.25) is 0 Å². The fraction of sp³-hybridized carbons (Fsp3) is 0.0952. The summed E-state index contributed by atoms with van der Waals surface area (Å²) in [5.74, 6) is 0. The predicted molar refractivity (Wildman–Crippen MR) is 105 cm³/mol. The summed E-state index contributed by atoms with van der Waals surface area (Å²) in [5, 5.41) is 11.9. The number of hydrogen-bond acceptors (Lipinski definition) is 2. The maximum absolute atomic E-state index is 9.38. The summed E-state index contributed by atoms with van der Waals surface area (Å²) in [6, 6.07) is 32.3. The molecule has 0 amide bonds. The van der Waals surface area contributed by atoms with Gasteiger partial charge in [0.05, 0.1) is 6.61 Å². The van der Waals surface area contributed by atoms with Gasteiger partial charge in [-0.3, -0.25) is 0 Å². The van der Waals surface area contributed by atoms with Gasteiger partial charge in [0.1, 0.15) is 0 Å². The molecule has 0 bridgehead atoms. The van der Waals surface area contributed by atoms with Crippen LogP contribution in [0.25, 0.3) is 0 Å². The van der Waals surface area contributed by atoms with Crippen molar-refractivity contribution in [2.24, 2.45) is 0 Å². The van der Waals surface area contributed by atoms with E-state index in [1.54, 1.807) is 6.92 Å². The molecule has 25 heavy (non-hydrogen) atoms. The van der Waals surface area contributed by atoms with Crippen LogP contribution in [-0.2, 0) is 4.74 Å². The van der Waals surface area contributed by atoms with Gasteiger partial charge in [0.15, 0.2) is 0 Å². The first-order chi connectivity index (χ1) is 12.2. The van der Waals surface area contributed by atoms with E-state index in [0.29, 0.717) is 0 Å². The highest BCUT2D eigenvalue weighted by Gasteiger charge is 2.14. The Morgan fingerprint density at radius 2 is 1.08 bits per heavy atom. The number of benzene rings is 3. The van der Waals surface area contributed by atoms with Crippen molar-refractivity contribution in [2.45, 2.75) is 6.92 Å². The van der Waals surface area contributed by atoms with Crippen molar-refractivity contribution in [3.63, 3.8) is 0 Å². The van der Waals surface area contributed by atoms with E-state index >= 15 is 0 Å². The Kier molecular flexibility index (Phi) is 7.68. The molecule has 0 aliphatic carbocycles. The quantitative estimate of drug-likeness (QED) is 0.567. The minimum Gasteiger partial charge on any atom is -0.450 e. The van der Waals surface area contributed by atoms with Crippen molar-refractivity contribution < 1.29 is 14.6 Å². The molecule has 128 valence electrons. The van der Waals surface area contributed by atoms with Gasteiger partial charge in [-0.15, -0.1) is 0 Å². The second kappa shape index (κ2) is 10.3. The molecule has 0 heterocycles. The summed E-state index contributed by atoms with van der Waals surface area (Å²) in [6.45, 7) is 1.85. The van der Waals surface area contributed by atoms with Crippen LogP contribution in [0.3, 0.4) is 0 Å². The highest BCUT2D eigenvalue weighted by Crippen LogP contribution is 2.32. The van der Waals surface area contributed by atoms with Gasteiger partial charge in [-0.2, -0.15) is 0 Å². The lowest BCUT2D eigenvalue weighted by atomic mass is 10.4. The fourth-order valence-electron chi connectivity index (χ4n) is 2.30. The molecule has 3 aromatic rings. The fourth-order valence-corrected chi connectivity index (χ4v) is 4.61. The van der Waals surface area contributed by atoms with Gasteiger partial charge in [0.25, 0.3) is 0 Å². The van der Waals surface area contributed by atoms with Crippen molar-refractivity contribution >= 4 is 30.0 Å². The summed E-state index contributed by atoms with van der Waals surface area (Å²) in [7, 11) is -0.446. The standard InChI is InChI=1S/C18H15P.C3H6O3/c1-4-10-16(11-5-1)19(17-12-6-2-7-13-17)18-14-8-3-9-15-18;1-2-6-3(4)5/h1-15H;2H2,1H3,(H,4,5). The Hall–Kier alpha value is -2.64. The summed E-state index contributed by atoms with van der Waals surface area (Å²) in [4.78, 5) is 9.38. The second-order valence-corrected chi connectivity index (χ2v) is 7.26. The zero-order valence-corrected chi connectivity index (χ0v) is 15.0. The lowest BCUT2D eigenvalue weighted by molar-refractivity contribution is 0.0966. The zero-order chi connectivity index (χ0) is 17.9. The van der Waals surface area contributed by atoms with Crippen LogP contribution in [0, 0.1) is 0 Å². The van der Waals surface area contributed by atoms with Crippen LogP contribution < -0.4 is 15.9 Å². The van der Waals surface area contributed by atoms with E-state index in [1.165, 1.54) is 15.9 Å². The van der Waals surface area contributed by atoms with Gasteiger partial charge in [0, 0.05) is 0 Å². The van der Waals surface area contributed by atoms with E-state index < -0.39 is 14.1 Å². The van der Waals surface area contributed by atoms with Gasteiger partial charge < -0.3 is 9.84 Å². The van der Waals surface area contributed by atoms with Gasteiger partial charge in [-0.25, -0.2) is 4.79 Å². The molecule has 0 atom stereocenters. The molecular formula is C21H21O3P. The predicted octanol–water partition coefficient (Wildman–Crippen LogP) is 4.15. The van der Waals surface area contributed by atoms with E-state index in [0.717, 1.165) is 0 Å². The molecule has 3 aromatic carbocycles. The monoisotopic (exact) mass is 352 g/mol. The number of ether oxygens (including phenoxy) is 1. The molecule has 0 aromatic heterocycles. The zero-order valence-electron chi connectivity index (χ0n) is 14.1. The van der Waals surface area contributed by atoms with Crippen molar-refractivity contribution in [3.05, 3.63) is 91.0 Å². The topological polar surface area (TPSA) is 46.5 Å². The third kappa shape index (κ3) is 6.06. The molecule has 0 spiro atoms. The summed E-state index contributed by atoms with van der Waals surface area (Å²) < 4.78 is 3.96. The average Bonchev–Trinajstić information content (AvgIpc) is 2.65. The van der Waals surface area contributed by atoms with Gasteiger partial charge in [-0.05, 0) is 30.8 Å². The molecule has 0 saturated carbocycles. The lowest BCUT2D eigenvalue weighted by Crippen LogP contribution is -2.20. The van der Waals surface area contributed by atoms with E-state index in [2.05, 4.69) is 95.7 Å². The smallest absolute Gasteiger partial charge is 0.450 e. The third-order valence-electron chi connectivity index (χ3n) is 3.31. The molecule has 0 fully saturated rings. The molecule has 0 saturated heterocycles. The Morgan fingerprint density at radius 1 is 0.760 bits per heavy atom. The maximum Gasteiger partial charge on any atom is 0.505 e. The van der Waals surface area contributed by atoms with Gasteiger partial charge in [-0.1, -0.05) is 91.0 Å². The van der Waals surface area contributed by atoms with Crippen LogP contribution in [-0.4, -0.2) is 17.9 Å². The molecule has 3 nitrogen and oxygen atoms in total. The second-order valence-electron chi connectivity index (χ2n) is 5.04. The molecule has 0 aliphatic rings. The van der Waals surface area contributed by atoms with Crippen molar-refractivity contribution in [3.8, 4) is 0 Å². The van der Waals surface area contributed by atoms with E-state index in [9.17, 15) is 4.79 Å². The first-order valence-electron chi connectivity index (χ1n) is 8.03. The average molecular weight is 352 g/mol. The summed E-state index contributed by atoms with van der Waals surface area (Å²) >= 11 is 0. The number of carboxylic acid groups (broad SMARTS) is 1. The van der Waals surface area contributed by atoms with E-state index in [4.69, 9.17) is 5.11 Å². The van der Waals surface area contributed by atoms with Crippen LogP contribution in [0.1, 0.15) is 6.92 Å². The number of hydrogen-bond donors (Lipinski definition) is 1. The molecule has 4 heteroatoms. The van der Waals surface area contributed by atoms with Crippen LogP contribution in [0.5, 0.6) is 0 Å². The molecular weight excluding hydrogens is 331 g/mol.